The van der Waals surface area contributed by atoms with E-state index >= 15 is 0 Å². The largest absolute Gasteiger partial charge is 0.357 e. The number of halogens is 2. The summed E-state index contributed by atoms with van der Waals surface area (Å²) in [7, 11) is 0. The van der Waals surface area contributed by atoms with E-state index in [1.165, 1.54) is 12.1 Å². The van der Waals surface area contributed by atoms with Crippen LogP contribution in [-0.4, -0.2) is 20.9 Å². The van der Waals surface area contributed by atoms with Crippen molar-refractivity contribution >= 4 is 34.6 Å². The predicted molar refractivity (Wildman–Crippen MR) is 96.2 cm³/mol. The number of hydrogen-bond donors (Lipinski definition) is 2. The molecule has 0 saturated heterocycles. The molecule has 0 aliphatic heterocycles. The minimum absolute atomic E-state index is 0.0296. The molecule has 124 valence electrons. The average Bonchev–Trinajstić information content (AvgIpc) is 2.94. The van der Waals surface area contributed by atoms with Gasteiger partial charge in [-0.15, -0.1) is 0 Å². The molecule has 0 spiro atoms. The normalized spacial score (nSPS) is 12.7. The molecular formula is C16H20ClFN4S. The molecule has 2 aromatic rings. The Labute approximate surface area is 146 Å². The smallest absolute Gasteiger partial charge is 0.171 e. The third-order valence-corrected chi connectivity index (χ3v) is 3.97. The number of nitrogens with zero attached hydrogens (tertiary/aromatic N) is 2. The molecule has 0 fully saturated rings. The second-order valence-corrected chi connectivity index (χ2v) is 7.19. The lowest BCUT2D eigenvalue weighted by molar-refractivity contribution is 0.262. The number of aromatic nitrogens is 2. The van der Waals surface area contributed by atoms with Crippen LogP contribution in [0.5, 0.6) is 0 Å². The molecule has 1 aromatic heterocycles. The van der Waals surface area contributed by atoms with Crippen LogP contribution >= 0.6 is 23.8 Å². The Hall–Kier alpha value is -1.66. The Balaban J connectivity index is 2.03. The SMILES string of the molecule is CC(C)(C)C(Cn1cccn1)NC(=S)Nc1ccc(F)c(Cl)c1. The summed E-state index contributed by atoms with van der Waals surface area (Å²) in [4.78, 5) is 0. The fourth-order valence-electron chi connectivity index (χ4n) is 2.03. The van der Waals surface area contributed by atoms with Crippen LogP contribution in [0.4, 0.5) is 10.1 Å². The van der Waals surface area contributed by atoms with E-state index in [0.29, 0.717) is 17.3 Å². The second-order valence-electron chi connectivity index (χ2n) is 6.37. The average molecular weight is 355 g/mol. The fraction of sp³-hybridized carbons (Fsp3) is 0.375. The first-order valence-corrected chi connectivity index (χ1v) is 8.04. The zero-order valence-corrected chi connectivity index (χ0v) is 14.9. The van der Waals surface area contributed by atoms with E-state index in [2.05, 4.69) is 36.5 Å². The lowest BCUT2D eigenvalue weighted by Crippen LogP contribution is -2.48. The Morgan fingerprint density at radius 2 is 2.17 bits per heavy atom. The highest BCUT2D eigenvalue weighted by Gasteiger charge is 2.26. The third-order valence-electron chi connectivity index (χ3n) is 3.46. The Morgan fingerprint density at radius 3 is 2.74 bits per heavy atom. The molecule has 1 unspecified atom stereocenters. The summed E-state index contributed by atoms with van der Waals surface area (Å²) >= 11 is 11.1. The first-order valence-electron chi connectivity index (χ1n) is 7.26. The maximum Gasteiger partial charge on any atom is 0.171 e. The summed E-state index contributed by atoms with van der Waals surface area (Å²) in [5.41, 5.74) is 0.610. The zero-order chi connectivity index (χ0) is 17.0. The van der Waals surface area contributed by atoms with Gasteiger partial charge >= 0.3 is 0 Å². The number of thiocarbonyl (C=S) groups is 1. The molecule has 4 nitrogen and oxygen atoms in total. The van der Waals surface area contributed by atoms with Crippen molar-refractivity contribution in [3.63, 3.8) is 0 Å². The van der Waals surface area contributed by atoms with Crippen LogP contribution in [0.1, 0.15) is 20.8 Å². The standard InChI is InChI=1S/C16H20ClFN4S/c1-16(2,3)14(10-22-8-4-7-19-22)21-15(23)20-11-5-6-13(18)12(17)9-11/h4-9,14H,10H2,1-3H3,(H2,20,21,23). The van der Waals surface area contributed by atoms with Gasteiger partial charge in [-0.25, -0.2) is 4.39 Å². The van der Waals surface area contributed by atoms with Crippen LogP contribution in [0.25, 0.3) is 0 Å². The lowest BCUT2D eigenvalue weighted by Gasteiger charge is -2.32. The second kappa shape index (κ2) is 7.27. The summed E-state index contributed by atoms with van der Waals surface area (Å²) in [6.45, 7) is 7.07. The minimum Gasteiger partial charge on any atom is -0.357 e. The van der Waals surface area contributed by atoms with Crippen molar-refractivity contribution in [1.82, 2.24) is 15.1 Å². The zero-order valence-electron chi connectivity index (χ0n) is 13.3. The van der Waals surface area contributed by atoms with Gasteiger partial charge in [-0.3, -0.25) is 4.68 Å². The number of nitrogens with one attached hydrogen (secondary N) is 2. The van der Waals surface area contributed by atoms with E-state index in [1.807, 2.05) is 16.9 Å². The van der Waals surface area contributed by atoms with Crippen molar-refractivity contribution in [3.8, 4) is 0 Å². The summed E-state index contributed by atoms with van der Waals surface area (Å²) in [5, 5.41) is 11.1. The van der Waals surface area contributed by atoms with Gasteiger partial charge in [0.25, 0.3) is 0 Å². The third kappa shape index (κ3) is 5.18. The van der Waals surface area contributed by atoms with Gasteiger partial charge in [-0.2, -0.15) is 5.10 Å². The van der Waals surface area contributed by atoms with Crippen LogP contribution in [-0.2, 0) is 6.54 Å². The molecule has 1 aromatic carbocycles. The van der Waals surface area contributed by atoms with Crippen LogP contribution in [0.2, 0.25) is 5.02 Å². The monoisotopic (exact) mass is 354 g/mol. The van der Waals surface area contributed by atoms with E-state index < -0.39 is 5.82 Å². The molecule has 7 heteroatoms. The lowest BCUT2D eigenvalue weighted by atomic mass is 9.87. The summed E-state index contributed by atoms with van der Waals surface area (Å²) in [6, 6.07) is 6.35. The molecule has 0 radical (unpaired) electrons. The number of hydrogen-bond acceptors (Lipinski definition) is 2. The van der Waals surface area contributed by atoms with E-state index in [0.717, 1.165) is 0 Å². The molecule has 1 atom stereocenters. The minimum atomic E-state index is -0.456. The molecule has 2 N–H and O–H groups in total. The first-order chi connectivity index (χ1) is 10.8. The molecule has 23 heavy (non-hydrogen) atoms. The topological polar surface area (TPSA) is 41.9 Å². The van der Waals surface area contributed by atoms with Crippen molar-refractivity contribution < 1.29 is 4.39 Å². The number of anilines is 1. The van der Waals surface area contributed by atoms with Crippen LogP contribution in [0.15, 0.2) is 36.7 Å². The highest BCUT2D eigenvalue weighted by Crippen LogP contribution is 2.22. The van der Waals surface area contributed by atoms with Crippen LogP contribution in [0.3, 0.4) is 0 Å². The molecular weight excluding hydrogens is 335 g/mol. The van der Waals surface area contributed by atoms with Gasteiger partial charge in [0.05, 0.1) is 17.6 Å². The highest BCUT2D eigenvalue weighted by atomic mass is 35.5. The molecule has 2 rings (SSSR count). The van der Waals surface area contributed by atoms with Gasteiger partial charge < -0.3 is 10.6 Å². The van der Waals surface area contributed by atoms with Gasteiger partial charge in [-0.1, -0.05) is 32.4 Å². The van der Waals surface area contributed by atoms with Gasteiger partial charge in [0.1, 0.15) is 5.82 Å². The van der Waals surface area contributed by atoms with E-state index in [1.54, 1.807) is 12.3 Å². The molecule has 1 heterocycles. The predicted octanol–water partition coefficient (Wildman–Crippen LogP) is 4.08. The van der Waals surface area contributed by atoms with E-state index in [9.17, 15) is 4.39 Å². The van der Waals surface area contributed by atoms with Crippen molar-refractivity contribution in [2.45, 2.75) is 33.4 Å². The summed E-state index contributed by atoms with van der Waals surface area (Å²) < 4.78 is 15.1. The summed E-state index contributed by atoms with van der Waals surface area (Å²) in [5.74, 6) is -0.456. The first kappa shape index (κ1) is 17.7. The highest BCUT2D eigenvalue weighted by molar-refractivity contribution is 7.80. The molecule has 0 aliphatic rings. The number of benzene rings is 1. The van der Waals surface area contributed by atoms with Crippen LogP contribution < -0.4 is 10.6 Å². The molecule has 0 amide bonds. The maximum atomic E-state index is 13.2. The number of rotatable bonds is 4. The van der Waals surface area contributed by atoms with Crippen LogP contribution in [0, 0.1) is 11.2 Å². The Bertz CT molecular complexity index is 667. The molecule has 0 saturated carbocycles. The van der Waals surface area contributed by atoms with Gasteiger partial charge in [0.15, 0.2) is 5.11 Å². The molecule has 0 bridgehead atoms. The van der Waals surface area contributed by atoms with Crippen molar-refractivity contribution in [2.24, 2.45) is 5.41 Å². The van der Waals surface area contributed by atoms with Crippen molar-refractivity contribution in [3.05, 3.63) is 47.5 Å². The van der Waals surface area contributed by atoms with E-state index in [4.69, 9.17) is 23.8 Å². The van der Waals surface area contributed by atoms with Gasteiger partial charge in [-0.05, 0) is 41.9 Å². The Kier molecular flexibility index (Phi) is 5.59. The maximum absolute atomic E-state index is 13.2. The summed E-state index contributed by atoms with van der Waals surface area (Å²) in [6.07, 6.45) is 3.66. The van der Waals surface area contributed by atoms with Gasteiger partial charge in [0, 0.05) is 18.1 Å². The van der Waals surface area contributed by atoms with E-state index in [-0.39, 0.29) is 16.5 Å². The quantitative estimate of drug-likeness (QED) is 0.812. The van der Waals surface area contributed by atoms with Gasteiger partial charge in [0.2, 0.25) is 0 Å². The fourth-order valence-corrected chi connectivity index (χ4v) is 2.47. The molecule has 0 aliphatic carbocycles. The van der Waals surface area contributed by atoms with Crippen molar-refractivity contribution in [1.29, 1.82) is 0 Å². The van der Waals surface area contributed by atoms with Crippen molar-refractivity contribution in [2.75, 3.05) is 5.32 Å². The Morgan fingerprint density at radius 1 is 1.43 bits per heavy atom.